The molecule has 2 aliphatic rings. The van der Waals surface area contributed by atoms with Gasteiger partial charge in [0.15, 0.2) is 0 Å². The van der Waals surface area contributed by atoms with Gasteiger partial charge >= 0.3 is 0 Å². The van der Waals surface area contributed by atoms with E-state index < -0.39 is 4.92 Å². The third kappa shape index (κ3) is 2.53. The Bertz CT molecular complexity index is 544. The predicted molar refractivity (Wildman–Crippen MR) is 74.2 cm³/mol. The Hall–Kier alpha value is -1.91. The van der Waals surface area contributed by atoms with Crippen LogP contribution in [0.25, 0.3) is 0 Å². The van der Waals surface area contributed by atoms with Gasteiger partial charge in [-0.25, -0.2) is 0 Å². The predicted octanol–water partition coefficient (Wildman–Crippen LogP) is 2.44. The number of carbonyl (C=O) groups excluding carboxylic acids is 1. The second-order valence-corrected chi connectivity index (χ2v) is 5.91. The minimum Gasteiger partial charge on any atom is -0.353 e. The lowest BCUT2D eigenvalue weighted by molar-refractivity contribution is -0.385. The molecule has 106 valence electrons. The summed E-state index contributed by atoms with van der Waals surface area (Å²) in [6.45, 7) is 0. The first-order valence-electron chi connectivity index (χ1n) is 7.15. The molecule has 2 saturated carbocycles. The highest BCUT2D eigenvalue weighted by Gasteiger charge is 2.40. The van der Waals surface area contributed by atoms with Crippen LogP contribution < -0.4 is 5.32 Å². The number of nitro benzene ring substituents is 1. The number of rotatable bonds is 4. The van der Waals surface area contributed by atoms with Crippen LogP contribution in [-0.2, 0) is 11.2 Å². The van der Waals surface area contributed by atoms with E-state index in [0.717, 1.165) is 12.3 Å². The van der Waals surface area contributed by atoms with Gasteiger partial charge in [0.05, 0.1) is 11.3 Å². The lowest BCUT2D eigenvalue weighted by Gasteiger charge is -2.22. The zero-order valence-corrected chi connectivity index (χ0v) is 11.2. The summed E-state index contributed by atoms with van der Waals surface area (Å²) >= 11 is 0. The molecule has 1 aromatic carbocycles. The fraction of sp³-hybridized carbons (Fsp3) is 0.533. The van der Waals surface area contributed by atoms with E-state index in [4.69, 9.17) is 0 Å². The van der Waals surface area contributed by atoms with E-state index in [1.165, 1.54) is 25.3 Å². The van der Waals surface area contributed by atoms with Crippen molar-refractivity contribution >= 4 is 11.6 Å². The smallest absolute Gasteiger partial charge is 0.273 e. The Morgan fingerprint density at radius 2 is 2.10 bits per heavy atom. The molecule has 20 heavy (non-hydrogen) atoms. The average Bonchev–Trinajstić information content (AvgIpc) is 3.01. The average molecular weight is 274 g/mol. The molecule has 0 unspecified atom stereocenters. The summed E-state index contributed by atoms with van der Waals surface area (Å²) in [5.41, 5.74) is 0.508. The summed E-state index contributed by atoms with van der Waals surface area (Å²) in [6.07, 6.45) is 4.90. The maximum atomic E-state index is 12.1. The van der Waals surface area contributed by atoms with E-state index >= 15 is 0 Å². The molecular weight excluding hydrogens is 256 g/mol. The van der Waals surface area contributed by atoms with Crippen molar-refractivity contribution in [3.63, 3.8) is 0 Å². The van der Waals surface area contributed by atoms with Gasteiger partial charge in [-0.3, -0.25) is 14.9 Å². The summed E-state index contributed by atoms with van der Waals surface area (Å²) in [5.74, 6) is 1.29. The van der Waals surface area contributed by atoms with Crippen LogP contribution in [0, 0.1) is 22.0 Å². The number of amides is 1. The third-order valence-electron chi connectivity index (χ3n) is 4.62. The van der Waals surface area contributed by atoms with Crippen molar-refractivity contribution in [2.24, 2.45) is 11.8 Å². The lowest BCUT2D eigenvalue weighted by Crippen LogP contribution is -2.39. The maximum Gasteiger partial charge on any atom is 0.273 e. The van der Waals surface area contributed by atoms with Gasteiger partial charge in [-0.15, -0.1) is 0 Å². The van der Waals surface area contributed by atoms with E-state index in [1.807, 2.05) is 0 Å². The van der Waals surface area contributed by atoms with Crippen molar-refractivity contribution in [3.8, 4) is 0 Å². The van der Waals surface area contributed by atoms with E-state index in [2.05, 4.69) is 5.32 Å². The number of para-hydroxylation sites is 1. The molecule has 1 N–H and O–H groups in total. The highest BCUT2D eigenvalue weighted by Crippen LogP contribution is 2.44. The van der Waals surface area contributed by atoms with Crippen LogP contribution >= 0.6 is 0 Å². The van der Waals surface area contributed by atoms with Gasteiger partial charge < -0.3 is 5.32 Å². The molecule has 1 amide bonds. The first kappa shape index (κ1) is 13.1. The summed E-state index contributed by atoms with van der Waals surface area (Å²) in [7, 11) is 0. The minimum absolute atomic E-state index is 0.0237. The zero-order chi connectivity index (χ0) is 14.1. The Morgan fingerprint density at radius 1 is 1.30 bits per heavy atom. The first-order chi connectivity index (χ1) is 9.63. The van der Waals surface area contributed by atoms with Crippen LogP contribution in [0.2, 0.25) is 0 Å². The van der Waals surface area contributed by atoms with E-state index in [1.54, 1.807) is 18.2 Å². The normalized spacial score (nSPS) is 27.5. The molecule has 0 radical (unpaired) electrons. The highest BCUT2D eigenvalue weighted by molar-refractivity contribution is 5.80. The molecule has 2 bridgehead atoms. The maximum absolute atomic E-state index is 12.1. The molecule has 2 fully saturated rings. The van der Waals surface area contributed by atoms with Gasteiger partial charge in [0.1, 0.15) is 0 Å². The largest absolute Gasteiger partial charge is 0.353 e. The van der Waals surface area contributed by atoms with Gasteiger partial charge in [-0.1, -0.05) is 24.6 Å². The van der Waals surface area contributed by atoms with Crippen molar-refractivity contribution < 1.29 is 9.72 Å². The highest BCUT2D eigenvalue weighted by atomic mass is 16.6. The van der Waals surface area contributed by atoms with Gasteiger partial charge in [-0.2, -0.15) is 0 Å². The van der Waals surface area contributed by atoms with Crippen molar-refractivity contribution in [2.45, 2.75) is 38.1 Å². The van der Waals surface area contributed by atoms with Crippen molar-refractivity contribution in [1.82, 2.24) is 5.32 Å². The van der Waals surface area contributed by atoms with Crippen molar-refractivity contribution in [2.75, 3.05) is 0 Å². The van der Waals surface area contributed by atoms with Crippen LogP contribution in [0.4, 0.5) is 5.69 Å². The summed E-state index contributed by atoms with van der Waals surface area (Å²) in [5, 5.41) is 14.0. The topological polar surface area (TPSA) is 72.2 Å². The lowest BCUT2D eigenvalue weighted by atomic mass is 9.95. The zero-order valence-electron chi connectivity index (χ0n) is 11.2. The Labute approximate surface area is 117 Å². The van der Waals surface area contributed by atoms with Gasteiger partial charge in [0, 0.05) is 17.7 Å². The fourth-order valence-electron chi connectivity index (χ4n) is 3.69. The van der Waals surface area contributed by atoms with E-state index in [9.17, 15) is 14.9 Å². The molecule has 0 heterocycles. The molecule has 0 aromatic heterocycles. The van der Waals surface area contributed by atoms with Crippen LogP contribution in [0.5, 0.6) is 0 Å². The molecule has 0 spiro atoms. The SMILES string of the molecule is O=C(Cc1ccccc1[N+](=O)[O-])N[C@H]1C[C@H]2CC[C@@H]1C2. The van der Waals surface area contributed by atoms with Crippen LogP contribution in [-0.4, -0.2) is 16.9 Å². The molecule has 3 atom stereocenters. The Kier molecular flexibility index (Phi) is 3.42. The van der Waals surface area contributed by atoms with E-state index in [-0.39, 0.29) is 24.1 Å². The number of fused-ring (bicyclic) bond motifs is 2. The number of carbonyl (C=O) groups is 1. The Balaban J connectivity index is 1.63. The monoisotopic (exact) mass is 274 g/mol. The van der Waals surface area contributed by atoms with Crippen LogP contribution in [0.3, 0.4) is 0 Å². The fourth-order valence-corrected chi connectivity index (χ4v) is 3.69. The van der Waals surface area contributed by atoms with Gasteiger partial charge in [0.2, 0.25) is 5.91 Å². The standard InChI is InChI=1S/C15H18N2O3/c18-15(16-13-8-10-5-6-11(13)7-10)9-12-3-1-2-4-14(12)17(19)20/h1-4,10-11,13H,5-9H2,(H,16,18)/t10-,11+,13-/m0/s1. The molecule has 2 aliphatic carbocycles. The number of benzene rings is 1. The number of nitro groups is 1. The van der Waals surface area contributed by atoms with Gasteiger partial charge in [-0.05, 0) is 31.1 Å². The molecule has 0 saturated heterocycles. The number of nitrogens with zero attached hydrogens (tertiary/aromatic N) is 1. The first-order valence-corrected chi connectivity index (χ1v) is 7.15. The summed E-state index contributed by atoms with van der Waals surface area (Å²) in [4.78, 5) is 22.6. The van der Waals surface area contributed by atoms with Crippen LogP contribution in [0.15, 0.2) is 24.3 Å². The molecule has 5 nitrogen and oxygen atoms in total. The number of nitrogens with one attached hydrogen (secondary N) is 1. The summed E-state index contributed by atoms with van der Waals surface area (Å²) in [6, 6.07) is 6.73. The van der Waals surface area contributed by atoms with Crippen LogP contribution in [0.1, 0.15) is 31.2 Å². The quantitative estimate of drug-likeness (QED) is 0.677. The molecule has 0 aliphatic heterocycles. The molecule has 1 aromatic rings. The molecular formula is C15H18N2O3. The summed E-state index contributed by atoms with van der Waals surface area (Å²) < 4.78 is 0. The molecule has 5 heteroatoms. The van der Waals surface area contributed by atoms with Gasteiger partial charge in [0.25, 0.3) is 5.69 Å². The second-order valence-electron chi connectivity index (χ2n) is 5.91. The van der Waals surface area contributed by atoms with Crippen molar-refractivity contribution in [1.29, 1.82) is 0 Å². The second kappa shape index (κ2) is 5.23. The Morgan fingerprint density at radius 3 is 2.75 bits per heavy atom. The van der Waals surface area contributed by atoms with Crippen molar-refractivity contribution in [3.05, 3.63) is 39.9 Å². The van der Waals surface area contributed by atoms with E-state index in [0.29, 0.717) is 11.5 Å². The third-order valence-corrected chi connectivity index (χ3v) is 4.62. The minimum atomic E-state index is -0.430. The number of hydrogen-bond donors (Lipinski definition) is 1. The number of hydrogen-bond acceptors (Lipinski definition) is 3. The molecule has 3 rings (SSSR count).